The first-order valence-electron chi connectivity index (χ1n) is 5.19. The van der Waals surface area contributed by atoms with Gasteiger partial charge in [-0.25, -0.2) is 0 Å². The second-order valence-electron chi connectivity index (χ2n) is 2.98. The molecule has 0 aliphatic rings. The van der Waals surface area contributed by atoms with Crippen LogP contribution < -0.4 is 16.6 Å². The molecule has 0 radical (unpaired) electrons. The Morgan fingerprint density at radius 1 is 1.20 bits per heavy atom. The molecule has 0 aromatic heterocycles. The number of nitrogens with one attached hydrogen (secondary N) is 2. The number of nitrogens with two attached hydrogens (primary N) is 1. The van der Waals surface area contributed by atoms with Crippen LogP contribution in [0, 0.1) is 6.92 Å². The lowest BCUT2D eigenvalue weighted by atomic mass is 10.2. The Morgan fingerprint density at radius 3 is 2.20 bits per heavy atom. The van der Waals surface area contributed by atoms with Crippen molar-refractivity contribution in [2.45, 2.75) is 27.7 Å². The number of rotatable bonds is 3. The van der Waals surface area contributed by atoms with Gasteiger partial charge in [-0.15, -0.1) is 0 Å². The van der Waals surface area contributed by atoms with E-state index < -0.39 is 0 Å². The number of hydrogen-bond donors (Lipinski definition) is 3. The molecule has 0 amide bonds. The van der Waals surface area contributed by atoms with Gasteiger partial charge in [0.05, 0.1) is 0 Å². The van der Waals surface area contributed by atoms with E-state index in [-0.39, 0.29) is 0 Å². The van der Waals surface area contributed by atoms with Crippen molar-refractivity contribution in [3.05, 3.63) is 41.7 Å². The summed E-state index contributed by atoms with van der Waals surface area (Å²) in [5, 5.41) is 3.12. The van der Waals surface area contributed by atoms with Gasteiger partial charge in [0.15, 0.2) is 0 Å². The standard InChI is InChI=1S/C10H15N3.C2H6/c1-8-3-5-10(6-4-8)12-7-9(2)13-11;1-2/h3-7,12-13H,11H2,1-2H3;1-2H3/b9-7-;. The van der Waals surface area contributed by atoms with Crippen LogP contribution in [-0.2, 0) is 0 Å². The Labute approximate surface area is 92.3 Å². The average molecular weight is 207 g/mol. The summed E-state index contributed by atoms with van der Waals surface area (Å²) in [6.07, 6.45) is 1.82. The molecule has 3 heteroatoms. The Bertz CT molecular complexity index is 288. The Morgan fingerprint density at radius 2 is 1.73 bits per heavy atom. The van der Waals surface area contributed by atoms with Crippen molar-refractivity contribution in [1.29, 1.82) is 0 Å². The summed E-state index contributed by atoms with van der Waals surface area (Å²) in [6, 6.07) is 8.16. The van der Waals surface area contributed by atoms with Crippen molar-refractivity contribution in [2.75, 3.05) is 5.32 Å². The number of hydrazine groups is 1. The largest absolute Gasteiger partial charge is 0.360 e. The summed E-state index contributed by atoms with van der Waals surface area (Å²) < 4.78 is 0. The normalized spacial score (nSPS) is 10.1. The topological polar surface area (TPSA) is 50.1 Å². The predicted octanol–water partition coefficient (Wildman–Crippen LogP) is 2.76. The molecule has 0 unspecified atom stereocenters. The molecule has 0 atom stereocenters. The van der Waals surface area contributed by atoms with Gasteiger partial charge in [0, 0.05) is 17.6 Å². The fourth-order valence-corrected chi connectivity index (χ4v) is 0.883. The van der Waals surface area contributed by atoms with Crippen LogP contribution in [0.3, 0.4) is 0 Å². The van der Waals surface area contributed by atoms with Gasteiger partial charge >= 0.3 is 0 Å². The first kappa shape index (κ1) is 13.5. The molecule has 0 aliphatic carbocycles. The van der Waals surface area contributed by atoms with Gasteiger partial charge in [0.2, 0.25) is 0 Å². The molecule has 0 fully saturated rings. The van der Waals surface area contributed by atoms with Crippen molar-refractivity contribution in [1.82, 2.24) is 5.43 Å². The van der Waals surface area contributed by atoms with Gasteiger partial charge in [-0.2, -0.15) is 0 Å². The number of benzene rings is 1. The van der Waals surface area contributed by atoms with E-state index >= 15 is 0 Å². The molecule has 1 aromatic rings. The first-order valence-corrected chi connectivity index (χ1v) is 5.19. The summed E-state index contributed by atoms with van der Waals surface area (Å²) in [5.41, 5.74) is 5.74. The molecule has 1 rings (SSSR count). The highest BCUT2D eigenvalue weighted by molar-refractivity contribution is 5.46. The Balaban J connectivity index is 0.000000921. The van der Waals surface area contributed by atoms with Crippen LogP contribution >= 0.6 is 0 Å². The molecule has 0 saturated carbocycles. The average Bonchev–Trinajstić information content (AvgIpc) is 2.30. The van der Waals surface area contributed by atoms with E-state index in [1.165, 1.54) is 5.56 Å². The van der Waals surface area contributed by atoms with Gasteiger partial charge in [0.1, 0.15) is 0 Å². The maximum Gasteiger partial charge on any atom is 0.0388 e. The zero-order chi connectivity index (χ0) is 11.7. The molecule has 0 bridgehead atoms. The van der Waals surface area contributed by atoms with Crippen molar-refractivity contribution in [3.8, 4) is 0 Å². The lowest BCUT2D eigenvalue weighted by molar-refractivity contribution is 0.883. The number of anilines is 1. The summed E-state index contributed by atoms with van der Waals surface area (Å²) in [6.45, 7) is 7.95. The van der Waals surface area contributed by atoms with Gasteiger partial charge in [-0.3, -0.25) is 5.84 Å². The maximum absolute atomic E-state index is 5.20. The highest BCUT2D eigenvalue weighted by Gasteiger charge is 1.88. The van der Waals surface area contributed by atoms with E-state index in [0.717, 1.165) is 11.4 Å². The minimum Gasteiger partial charge on any atom is -0.360 e. The summed E-state index contributed by atoms with van der Waals surface area (Å²) in [4.78, 5) is 0. The lowest BCUT2D eigenvalue weighted by Gasteiger charge is -2.03. The van der Waals surface area contributed by atoms with E-state index in [1.54, 1.807) is 0 Å². The molecule has 3 nitrogen and oxygen atoms in total. The quantitative estimate of drug-likeness (QED) is 0.527. The molecule has 0 saturated heterocycles. The highest BCUT2D eigenvalue weighted by atomic mass is 15.2. The fourth-order valence-electron chi connectivity index (χ4n) is 0.883. The molecule has 0 spiro atoms. The van der Waals surface area contributed by atoms with Gasteiger partial charge in [-0.1, -0.05) is 31.5 Å². The maximum atomic E-state index is 5.20. The SMILES string of the molecule is C/C(=C/Nc1ccc(C)cc1)NN.CC. The predicted molar refractivity (Wildman–Crippen MR) is 67.2 cm³/mol. The molecular weight excluding hydrogens is 186 g/mol. The van der Waals surface area contributed by atoms with Gasteiger partial charge < -0.3 is 10.7 Å². The van der Waals surface area contributed by atoms with Crippen LogP contribution in [0.15, 0.2) is 36.2 Å². The van der Waals surface area contributed by atoms with E-state index in [4.69, 9.17) is 5.84 Å². The molecular formula is C12H21N3. The summed E-state index contributed by atoms with van der Waals surface area (Å²) >= 11 is 0. The second-order valence-corrected chi connectivity index (χ2v) is 2.98. The third-order valence-electron chi connectivity index (χ3n) is 1.73. The smallest absolute Gasteiger partial charge is 0.0388 e. The van der Waals surface area contributed by atoms with E-state index in [0.29, 0.717) is 0 Å². The van der Waals surface area contributed by atoms with Gasteiger partial charge in [-0.05, 0) is 26.0 Å². The lowest BCUT2D eigenvalue weighted by Crippen LogP contribution is -2.19. The molecule has 84 valence electrons. The highest BCUT2D eigenvalue weighted by Crippen LogP contribution is 2.08. The monoisotopic (exact) mass is 207 g/mol. The minimum absolute atomic E-state index is 0.889. The Kier molecular flexibility index (Phi) is 7.10. The zero-order valence-corrected chi connectivity index (χ0v) is 9.96. The third-order valence-corrected chi connectivity index (χ3v) is 1.73. The first-order chi connectivity index (χ1) is 7.22. The van der Waals surface area contributed by atoms with Crippen molar-refractivity contribution >= 4 is 5.69 Å². The van der Waals surface area contributed by atoms with Crippen LogP contribution in [0.25, 0.3) is 0 Å². The zero-order valence-electron chi connectivity index (χ0n) is 9.96. The summed E-state index contributed by atoms with van der Waals surface area (Å²) in [7, 11) is 0. The molecule has 4 N–H and O–H groups in total. The molecule has 15 heavy (non-hydrogen) atoms. The van der Waals surface area contributed by atoms with E-state index in [9.17, 15) is 0 Å². The van der Waals surface area contributed by atoms with Crippen LogP contribution in [0.1, 0.15) is 26.3 Å². The number of allylic oxidation sites excluding steroid dienone is 1. The third kappa shape index (κ3) is 5.75. The Hall–Kier alpha value is -1.48. The molecule has 1 aromatic carbocycles. The van der Waals surface area contributed by atoms with Crippen LogP contribution in [0.5, 0.6) is 0 Å². The number of aryl methyl sites for hydroxylation is 1. The van der Waals surface area contributed by atoms with Crippen LogP contribution in [0.4, 0.5) is 5.69 Å². The molecule has 0 aliphatic heterocycles. The fraction of sp³-hybridized carbons (Fsp3) is 0.333. The van der Waals surface area contributed by atoms with Gasteiger partial charge in [0.25, 0.3) is 0 Å². The number of hydrogen-bond acceptors (Lipinski definition) is 3. The van der Waals surface area contributed by atoms with Crippen LogP contribution in [0.2, 0.25) is 0 Å². The summed E-state index contributed by atoms with van der Waals surface area (Å²) in [5.74, 6) is 5.20. The van der Waals surface area contributed by atoms with E-state index in [2.05, 4.69) is 29.8 Å². The van der Waals surface area contributed by atoms with Crippen molar-refractivity contribution in [2.24, 2.45) is 5.84 Å². The van der Waals surface area contributed by atoms with Crippen molar-refractivity contribution < 1.29 is 0 Å². The van der Waals surface area contributed by atoms with Crippen molar-refractivity contribution in [3.63, 3.8) is 0 Å². The van der Waals surface area contributed by atoms with E-state index in [1.807, 2.05) is 39.1 Å². The molecule has 0 heterocycles. The second kappa shape index (κ2) is 7.88. The van der Waals surface area contributed by atoms with Crippen LogP contribution in [-0.4, -0.2) is 0 Å². The minimum atomic E-state index is 0.889.